The van der Waals surface area contributed by atoms with Gasteiger partial charge in [0.25, 0.3) is 0 Å². The predicted molar refractivity (Wildman–Crippen MR) is 141 cm³/mol. The summed E-state index contributed by atoms with van der Waals surface area (Å²) in [5.41, 5.74) is 3.08. The molecule has 0 spiro atoms. The quantitative estimate of drug-likeness (QED) is 0.274. The molecule has 3 aromatic carbocycles. The molecule has 1 heterocycles. The number of methoxy groups -OCH3 is 2. The van der Waals surface area contributed by atoms with E-state index in [-0.39, 0.29) is 5.91 Å². The van der Waals surface area contributed by atoms with E-state index in [0.717, 1.165) is 65.5 Å². The summed E-state index contributed by atoms with van der Waals surface area (Å²) in [6.45, 7) is 2.04. The van der Waals surface area contributed by atoms with E-state index in [4.69, 9.17) is 19.2 Å². The number of benzene rings is 3. The van der Waals surface area contributed by atoms with Gasteiger partial charge in [0.1, 0.15) is 23.1 Å². The van der Waals surface area contributed by atoms with Crippen LogP contribution in [-0.4, -0.2) is 42.8 Å². The van der Waals surface area contributed by atoms with Gasteiger partial charge in [-0.15, -0.1) is 0 Å². The van der Waals surface area contributed by atoms with Gasteiger partial charge in [0.05, 0.1) is 38.3 Å². The van der Waals surface area contributed by atoms with Crippen molar-refractivity contribution in [3.05, 3.63) is 84.2 Å². The highest BCUT2D eigenvalue weighted by molar-refractivity contribution is 5.78. The summed E-state index contributed by atoms with van der Waals surface area (Å²) in [6.07, 6.45) is 2.82. The van der Waals surface area contributed by atoms with Crippen molar-refractivity contribution >= 4 is 16.9 Å². The number of aryl methyl sites for hydroxylation is 2. The minimum Gasteiger partial charge on any atom is -0.497 e. The fourth-order valence-electron chi connectivity index (χ4n) is 4.12. The lowest BCUT2D eigenvalue weighted by Gasteiger charge is -2.11. The summed E-state index contributed by atoms with van der Waals surface area (Å²) in [5, 5.41) is 3.03. The average Bonchev–Trinajstić information content (AvgIpc) is 3.27. The number of nitrogens with one attached hydrogen (secondary N) is 1. The molecule has 0 aliphatic carbocycles. The molecule has 1 N–H and O–H groups in total. The number of carbonyl (C=O) groups is 1. The monoisotopic (exact) mass is 487 g/mol. The Morgan fingerprint density at radius 1 is 0.861 bits per heavy atom. The molecule has 7 heteroatoms. The molecule has 0 saturated heterocycles. The van der Waals surface area contributed by atoms with Crippen molar-refractivity contribution < 1.29 is 19.0 Å². The van der Waals surface area contributed by atoms with Crippen LogP contribution in [0.5, 0.6) is 17.2 Å². The Labute approximate surface area is 212 Å². The Hall–Kier alpha value is -4.00. The van der Waals surface area contributed by atoms with Gasteiger partial charge in [-0.25, -0.2) is 4.98 Å². The van der Waals surface area contributed by atoms with Gasteiger partial charge >= 0.3 is 0 Å². The first-order valence-corrected chi connectivity index (χ1v) is 12.3. The second kappa shape index (κ2) is 12.6. The largest absolute Gasteiger partial charge is 0.497 e. The molecule has 0 unspecified atom stereocenters. The lowest BCUT2D eigenvalue weighted by molar-refractivity contribution is -0.120. The van der Waals surface area contributed by atoms with Crippen LogP contribution in [-0.2, 0) is 24.2 Å². The van der Waals surface area contributed by atoms with Crippen molar-refractivity contribution in [2.24, 2.45) is 0 Å². The maximum atomic E-state index is 12.3. The van der Waals surface area contributed by atoms with Crippen LogP contribution in [0.1, 0.15) is 24.2 Å². The molecule has 7 nitrogen and oxygen atoms in total. The van der Waals surface area contributed by atoms with Crippen LogP contribution in [0.15, 0.2) is 72.8 Å². The Kier molecular flexibility index (Phi) is 8.81. The van der Waals surface area contributed by atoms with Crippen molar-refractivity contribution in [1.29, 1.82) is 0 Å². The number of rotatable bonds is 13. The van der Waals surface area contributed by atoms with E-state index < -0.39 is 0 Å². The molecular weight excluding hydrogens is 454 g/mol. The maximum Gasteiger partial charge on any atom is 0.224 e. The minimum atomic E-state index is 0.0179. The molecule has 0 radical (unpaired) electrons. The van der Waals surface area contributed by atoms with Crippen molar-refractivity contribution in [3.8, 4) is 17.2 Å². The van der Waals surface area contributed by atoms with Crippen LogP contribution < -0.4 is 19.5 Å². The summed E-state index contributed by atoms with van der Waals surface area (Å²) in [5.74, 6) is 3.48. The Balaban J connectivity index is 1.27. The van der Waals surface area contributed by atoms with Gasteiger partial charge in [-0.2, -0.15) is 0 Å². The van der Waals surface area contributed by atoms with Crippen LogP contribution in [0.25, 0.3) is 11.0 Å². The second-order valence-corrected chi connectivity index (χ2v) is 8.52. The molecule has 1 aromatic heterocycles. The van der Waals surface area contributed by atoms with Crippen molar-refractivity contribution in [2.75, 3.05) is 27.4 Å². The summed E-state index contributed by atoms with van der Waals surface area (Å²) in [6, 6.07) is 23.4. The van der Waals surface area contributed by atoms with E-state index in [1.165, 1.54) is 0 Å². The van der Waals surface area contributed by atoms with Crippen molar-refractivity contribution in [1.82, 2.24) is 14.9 Å². The second-order valence-electron chi connectivity index (χ2n) is 8.52. The molecule has 0 fully saturated rings. The number of fused-ring (bicyclic) bond motifs is 1. The Morgan fingerprint density at radius 2 is 1.53 bits per heavy atom. The third kappa shape index (κ3) is 6.78. The number of amides is 1. The molecule has 4 aromatic rings. The molecule has 0 atom stereocenters. The summed E-state index contributed by atoms with van der Waals surface area (Å²) >= 11 is 0. The number of aromatic nitrogens is 2. The number of nitrogens with zero attached hydrogens (tertiary/aromatic N) is 2. The fraction of sp³-hybridized carbons (Fsp3) is 0.310. The van der Waals surface area contributed by atoms with Crippen LogP contribution >= 0.6 is 0 Å². The van der Waals surface area contributed by atoms with E-state index >= 15 is 0 Å². The lowest BCUT2D eigenvalue weighted by atomic mass is 10.1. The standard InChI is InChI=1S/C29H33N3O4/c1-34-23-12-10-22(11-13-23)21-29(33)30-18-5-9-28-31-26-7-3-4-8-27(26)32(28)19-6-20-36-25-16-14-24(35-2)15-17-25/h3-4,7-8,10-17H,5-6,9,18-21H2,1-2H3,(H,30,33). The molecule has 188 valence electrons. The first-order valence-electron chi connectivity index (χ1n) is 12.3. The molecule has 0 aliphatic rings. The molecule has 36 heavy (non-hydrogen) atoms. The highest BCUT2D eigenvalue weighted by Gasteiger charge is 2.11. The molecule has 0 aliphatic heterocycles. The molecule has 0 bridgehead atoms. The van der Waals surface area contributed by atoms with Gasteiger partial charge < -0.3 is 24.1 Å². The number of carbonyl (C=O) groups excluding carboxylic acids is 1. The smallest absolute Gasteiger partial charge is 0.224 e. The molecule has 0 saturated carbocycles. The normalized spacial score (nSPS) is 10.8. The average molecular weight is 488 g/mol. The van der Waals surface area contributed by atoms with Gasteiger partial charge in [0.15, 0.2) is 0 Å². The topological polar surface area (TPSA) is 74.6 Å². The van der Waals surface area contributed by atoms with Gasteiger partial charge in [-0.1, -0.05) is 24.3 Å². The first kappa shape index (κ1) is 25.1. The zero-order valence-electron chi connectivity index (χ0n) is 20.9. The Morgan fingerprint density at radius 3 is 2.25 bits per heavy atom. The van der Waals surface area contributed by atoms with Gasteiger partial charge in [-0.05, 0) is 66.9 Å². The van der Waals surface area contributed by atoms with Crippen LogP contribution in [0, 0.1) is 0 Å². The SMILES string of the molecule is COc1ccc(CC(=O)NCCCc2nc3ccccc3n2CCCOc2ccc(OC)cc2)cc1. The summed E-state index contributed by atoms with van der Waals surface area (Å²) < 4.78 is 18.5. The molecule has 1 amide bonds. The van der Waals surface area contributed by atoms with Gasteiger partial charge in [0.2, 0.25) is 5.91 Å². The van der Waals surface area contributed by atoms with Crippen LogP contribution in [0.4, 0.5) is 0 Å². The fourth-order valence-corrected chi connectivity index (χ4v) is 4.12. The van der Waals surface area contributed by atoms with E-state index in [2.05, 4.69) is 16.0 Å². The predicted octanol–water partition coefficient (Wildman–Crippen LogP) is 4.81. The Bertz CT molecular complexity index is 1250. The van der Waals surface area contributed by atoms with Crippen LogP contribution in [0.3, 0.4) is 0 Å². The van der Waals surface area contributed by atoms with Crippen molar-refractivity contribution in [3.63, 3.8) is 0 Å². The number of hydrogen-bond donors (Lipinski definition) is 1. The van der Waals surface area contributed by atoms with E-state index in [1.54, 1.807) is 14.2 Å². The van der Waals surface area contributed by atoms with E-state index in [1.807, 2.05) is 66.7 Å². The zero-order valence-corrected chi connectivity index (χ0v) is 20.9. The molecule has 4 rings (SSSR count). The zero-order chi connectivity index (χ0) is 25.2. The lowest BCUT2D eigenvalue weighted by Crippen LogP contribution is -2.26. The van der Waals surface area contributed by atoms with Gasteiger partial charge in [-0.3, -0.25) is 4.79 Å². The highest BCUT2D eigenvalue weighted by Crippen LogP contribution is 2.19. The number of hydrogen-bond acceptors (Lipinski definition) is 5. The molecular formula is C29H33N3O4. The third-order valence-electron chi connectivity index (χ3n) is 6.01. The third-order valence-corrected chi connectivity index (χ3v) is 6.01. The first-order chi connectivity index (χ1) is 17.7. The number of ether oxygens (including phenoxy) is 3. The minimum absolute atomic E-state index is 0.0179. The highest BCUT2D eigenvalue weighted by atomic mass is 16.5. The van der Waals surface area contributed by atoms with E-state index in [9.17, 15) is 4.79 Å². The number of imidazole rings is 1. The van der Waals surface area contributed by atoms with Crippen molar-refractivity contribution in [2.45, 2.75) is 32.2 Å². The van der Waals surface area contributed by atoms with Crippen LogP contribution in [0.2, 0.25) is 0 Å². The number of para-hydroxylation sites is 2. The van der Waals surface area contributed by atoms with E-state index in [0.29, 0.717) is 19.6 Å². The summed E-state index contributed by atoms with van der Waals surface area (Å²) in [4.78, 5) is 17.2. The van der Waals surface area contributed by atoms with Gasteiger partial charge in [0, 0.05) is 19.5 Å². The summed E-state index contributed by atoms with van der Waals surface area (Å²) in [7, 11) is 3.28. The maximum absolute atomic E-state index is 12.3.